The summed E-state index contributed by atoms with van der Waals surface area (Å²) in [5, 5.41) is 0. The maximum Gasteiger partial charge on any atom is 0.137 e. The van der Waals surface area contributed by atoms with Crippen LogP contribution in [0.5, 0.6) is 5.75 Å². The molecule has 2 N–H and O–H groups in total. The fourth-order valence-electron chi connectivity index (χ4n) is 1.52. The van der Waals surface area contributed by atoms with Crippen molar-refractivity contribution in [3.63, 3.8) is 0 Å². The molecule has 15 heavy (non-hydrogen) atoms. The molecule has 0 heterocycles. The van der Waals surface area contributed by atoms with Gasteiger partial charge in [0, 0.05) is 18.7 Å². The number of rotatable bonds is 4. The standard InChI is InChI=1S/C11H17BrN2O/c1-14(2)7-9-4-8(6-13)5-10(12)11(9)15-3/h4-5H,6-7,13H2,1-3H3. The van der Waals surface area contributed by atoms with Crippen molar-refractivity contribution in [3.8, 4) is 5.75 Å². The number of hydrogen-bond donors (Lipinski definition) is 1. The molecule has 3 nitrogen and oxygen atoms in total. The van der Waals surface area contributed by atoms with Crippen LogP contribution in [0.15, 0.2) is 16.6 Å². The summed E-state index contributed by atoms with van der Waals surface area (Å²) in [5.74, 6) is 0.890. The van der Waals surface area contributed by atoms with Gasteiger partial charge < -0.3 is 15.4 Å². The third-order valence-electron chi connectivity index (χ3n) is 2.11. The fraction of sp³-hybridized carbons (Fsp3) is 0.455. The van der Waals surface area contributed by atoms with Crippen molar-refractivity contribution >= 4 is 15.9 Å². The highest BCUT2D eigenvalue weighted by atomic mass is 79.9. The van der Waals surface area contributed by atoms with Gasteiger partial charge in [-0.2, -0.15) is 0 Å². The molecule has 0 saturated heterocycles. The van der Waals surface area contributed by atoms with Crippen LogP contribution in [0, 0.1) is 0 Å². The zero-order chi connectivity index (χ0) is 11.4. The summed E-state index contributed by atoms with van der Waals surface area (Å²) in [6.07, 6.45) is 0. The van der Waals surface area contributed by atoms with E-state index >= 15 is 0 Å². The highest BCUT2D eigenvalue weighted by Crippen LogP contribution is 2.31. The molecule has 1 aromatic carbocycles. The Morgan fingerprint density at radius 3 is 2.53 bits per heavy atom. The third-order valence-corrected chi connectivity index (χ3v) is 2.70. The highest BCUT2D eigenvalue weighted by Gasteiger charge is 2.10. The van der Waals surface area contributed by atoms with Crippen molar-refractivity contribution in [2.24, 2.45) is 5.73 Å². The van der Waals surface area contributed by atoms with Gasteiger partial charge in [0.2, 0.25) is 0 Å². The molecule has 0 atom stereocenters. The van der Waals surface area contributed by atoms with E-state index in [0.29, 0.717) is 6.54 Å². The molecule has 84 valence electrons. The van der Waals surface area contributed by atoms with Crippen molar-refractivity contribution in [2.45, 2.75) is 13.1 Å². The van der Waals surface area contributed by atoms with Gasteiger partial charge in [-0.15, -0.1) is 0 Å². The number of nitrogens with zero attached hydrogens (tertiary/aromatic N) is 1. The molecular formula is C11H17BrN2O. The van der Waals surface area contributed by atoms with E-state index in [1.54, 1.807) is 7.11 Å². The van der Waals surface area contributed by atoms with E-state index in [0.717, 1.165) is 27.9 Å². The number of nitrogens with two attached hydrogens (primary N) is 1. The van der Waals surface area contributed by atoms with Crippen molar-refractivity contribution in [1.29, 1.82) is 0 Å². The molecule has 0 amide bonds. The van der Waals surface area contributed by atoms with Crippen LogP contribution < -0.4 is 10.5 Å². The zero-order valence-electron chi connectivity index (χ0n) is 9.38. The molecule has 1 rings (SSSR count). The van der Waals surface area contributed by atoms with Gasteiger partial charge in [0.1, 0.15) is 5.75 Å². The lowest BCUT2D eigenvalue weighted by atomic mass is 10.1. The van der Waals surface area contributed by atoms with Gasteiger partial charge in [-0.05, 0) is 47.7 Å². The molecule has 0 bridgehead atoms. The SMILES string of the molecule is COc1c(Br)cc(CN)cc1CN(C)C. The second-order valence-corrected chi connectivity index (χ2v) is 4.57. The average molecular weight is 273 g/mol. The molecule has 0 fully saturated rings. The molecule has 0 spiro atoms. The molecule has 1 aromatic rings. The predicted octanol–water partition coefficient (Wildman–Crippen LogP) is 1.98. The molecule has 0 aliphatic rings. The number of ether oxygens (including phenoxy) is 1. The van der Waals surface area contributed by atoms with Crippen LogP contribution in [0.2, 0.25) is 0 Å². The molecule has 0 aromatic heterocycles. The van der Waals surface area contributed by atoms with Gasteiger partial charge in [0.15, 0.2) is 0 Å². The fourth-order valence-corrected chi connectivity index (χ4v) is 2.23. The van der Waals surface area contributed by atoms with Crippen LogP contribution >= 0.6 is 15.9 Å². The van der Waals surface area contributed by atoms with E-state index in [1.165, 1.54) is 0 Å². The molecular weight excluding hydrogens is 256 g/mol. The van der Waals surface area contributed by atoms with Gasteiger partial charge >= 0.3 is 0 Å². The zero-order valence-corrected chi connectivity index (χ0v) is 11.0. The maximum absolute atomic E-state index is 5.63. The summed E-state index contributed by atoms with van der Waals surface area (Å²) in [6, 6.07) is 4.08. The Hall–Kier alpha value is -0.580. The smallest absolute Gasteiger partial charge is 0.137 e. The monoisotopic (exact) mass is 272 g/mol. The first kappa shape index (κ1) is 12.5. The summed E-state index contributed by atoms with van der Waals surface area (Å²) >= 11 is 3.49. The van der Waals surface area contributed by atoms with Crippen LogP contribution in [-0.4, -0.2) is 26.1 Å². The Bertz CT molecular complexity index is 340. The molecule has 0 aliphatic carbocycles. The molecule has 0 saturated carbocycles. The molecule has 0 radical (unpaired) electrons. The number of methoxy groups -OCH3 is 1. The minimum atomic E-state index is 0.545. The van der Waals surface area contributed by atoms with E-state index < -0.39 is 0 Å². The average Bonchev–Trinajstić information content (AvgIpc) is 2.16. The Kier molecular flexibility index (Phi) is 4.57. The van der Waals surface area contributed by atoms with Gasteiger partial charge in [0.05, 0.1) is 11.6 Å². The van der Waals surface area contributed by atoms with Crippen molar-refractivity contribution in [3.05, 3.63) is 27.7 Å². The van der Waals surface area contributed by atoms with E-state index in [9.17, 15) is 0 Å². The quantitative estimate of drug-likeness (QED) is 0.911. The first-order valence-electron chi connectivity index (χ1n) is 4.78. The van der Waals surface area contributed by atoms with Gasteiger partial charge in [-0.3, -0.25) is 0 Å². The Labute approximate surface area is 99.3 Å². The summed E-state index contributed by atoms with van der Waals surface area (Å²) in [6.45, 7) is 1.39. The van der Waals surface area contributed by atoms with E-state index in [-0.39, 0.29) is 0 Å². The highest BCUT2D eigenvalue weighted by molar-refractivity contribution is 9.10. The molecule has 0 unspecified atom stereocenters. The van der Waals surface area contributed by atoms with E-state index in [4.69, 9.17) is 10.5 Å². The van der Waals surface area contributed by atoms with E-state index in [2.05, 4.69) is 26.9 Å². The van der Waals surface area contributed by atoms with Crippen LogP contribution in [0.3, 0.4) is 0 Å². The largest absolute Gasteiger partial charge is 0.495 e. The van der Waals surface area contributed by atoms with Gasteiger partial charge in [0.25, 0.3) is 0 Å². The maximum atomic E-state index is 5.63. The summed E-state index contributed by atoms with van der Waals surface area (Å²) in [5.41, 5.74) is 7.90. The van der Waals surface area contributed by atoms with Gasteiger partial charge in [-0.25, -0.2) is 0 Å². The van der Waals surface area contributed by atoms with Crippen LogP contribution in [-0.2, 0) is 13.1 Å². The number of benzene rings is 1. The lowest BCUT2D eigenvalue weighted by Gasteiger charge is -2.16. The van der Waals surface area contributed by atoms with Crippen LogP contribution in [0.1, 0.15) is 11.1 Å². The minimum Gasteiger partial charge on any atom is -0.495 e. The minimum absolute atomic E-state index is 0.545. The summed E-state index contributed by atoms with van der Waals surface area (Å²) in [4.78, 5) is 2.10. The summed E-state index contributed by atoms with van der Waals surface area (Å²) < 4.78 is 6.32. The first-order valence-corrected chi connectivity index (χ1v) is 5.58. The Balaban J connectivity index is 3.13. The van der Waals surface area contributed by atoms with Crippen LogP contribution in [0.25, 0.3) is 0 Å². The van der Waals surface area contributed by atoms with Crippen LogP contribution in [0.4, 0.5) is 0 Å². The molecule has 4 heteroatoms. The van der Waals surface area contributed by atoms with Crippen molar-refractivity contribution in [2.75, 3.05) is 21.2 Å². The molecule has 0 aliphatic heterocycles. The van der Waals surface area contributed by atoms with Crippen molar-refractivity contribution < 1.29 is 4.74 Å². The van der Waals surface area contributed by atoms with E-state index in [1.807, 2.05) is 20.2 Å². The Morgan fingerprint density at radius 1 is 1.40 bits per heavy atom. The van der Waals surface area contributed by atoms with Crippen molar-refractivity contribution in [1.82, 2.24) is 4.90 Å². The normalized spacial score (nSPS) is 10.8. The third kappa shape index (κ3) is 3.19. The number of hydrogen-bond acceptors (Lipinski definition) is 3. The first-order chi connectivity index (χ1) is 7.08. The second kappa shape index (κ2) is 5.49. The van der Waals surface area contributed by atoms with Gasteiger partial charge in [-0.1, -0.05) is 0 Å². The number of halogens is 1. The topological polar surface area (TPSA) is 38.5 Å². The predicted molar refractivity (Wildman–Crippen MR) is 66.0 cm³/mol. The lowest BCUT2D eigenvalue weighted by Crippen LogP contribution is -2.12. The summed E-state index contributed by atoms with van der Waals surface area (Å²) in [7, 11) is 5.74. The lowest BCUT2D eigenvalue weighted by molar-refractivity contribution is 0.370. The Morgan fingerprint density at radius 2 is 2.07 bits per heavy atom. The second-order valence-electron chi connectivity index (χ2n) is 3.71.